The summed E-state index contributed by atoms with van der Waals surface area (Å²) >= 11 is 2.80. The molecule has 0 aliphatic heterocycles. The first-order chi connectivity index (χ1) is 14.2. The molecule has 0 aliphatic rings. The van der Waals surface area contributed by atoms with Crippen LogP contribution in [0, 0.1) is 0 Å². The zero-order valence-corrected chi connectivity index (χ0v) is 17.4. The van der Waals surface area contributed by atoms with Gasteiger partial charge in [0.2, 0.25) is 11.0 Å². The Labute approximate surface area is 176 Å². The van der Waals surface area contributed by atoms with E-state index >= 15 is 0 Å². The van der Waals surface area contributed by atoms with Crippen LogP contribution in [-0.2, 0) is 11.3 Å². The van der Waals surface area contributed by atoms with Gasteiger partial charge >= 0.3 is 0 Å². The molecule has 0 spiro atoms. The fourth-order valence-corrected chi connectivity index (χ4v) is 4.59. The van der Waals surface area contributed by atoms with Gasteiger partial charge in [-0.2, -0.15) is 0 Å². The number of amides is 1. The molecule has 4 aromatic rings. The SMILES string of the molecule is C[C@H](NC(=O)CSc1nnc(NCc2ccco2)s1)c1cccc2ccccc12. The lowest BCUT2D eigenvalue weighted by Crippen LogP contribution is -2.28. The highest BCUT2D eigenvalue weighted by Gasteiger charge is 2.14. The number of thioether (sulfide) groups is 1. The molecule has 1 atom stereocenters. The number of furan rings is 1. The number of aromatic nitrogens is 2. The van der Waals surface area contributed by atoms with Crippen LogP contribution < -0.4 is 10.6 Å². The van der Waals surface area contributed by atoms with Crippen LogP contribution in [0.2, 0.25) is 0 Å². The summed E-state index contributed by atoms with van der Waals surface area (Å²) < 4.78 is 6.03. The number of carbonyl (C=O) groups excluding carboxylic acids is 1. The van der Waals surface area contributed by atoms with Crippen molar-refractivity contribution in [2.75, 3.05) is 11.1 Å². The van der Waals surface area contributed by atoms with Gasteiger partial charge < -0.3 is 15.1 Å². The Morgan fingerprint density at radius 2 is 2.00 bits per heavy atom. The van der Waals surface area contributed by atoms with Gasteiger partial charge in [-0.25, -0.2) is 0 Å². The molecule has 2 N–H and O–H groups in total. The summed E-state index contributed by atoms with van der Waals surface area (Å²) in [7, 11) is 0. The molecule has 2 aromatic carbocycles. The number of benzene rings is 2. The van der Waals surface area contributed by atoms with Crippen molar-refractivity contribution in [3.63, 3.8) is 0 Å². The summed E-state index contributed by atoms with van der Waals surface area (Å²) in [5.74, 6) is 1.09. The molecule has 0 bridgehead atoms. The Kier molecular flexibility index (Phi) is 6.12. The van der Waals surface area contributed by atoms with E-state index in [1.54, 1.807) is 6.26 Å². The fraction of sp³-hybridized carbons (Fsp3) is 0.190. The molecule has 0 saturated carbocycles. The Bertz CT molecular complexity index is 1090. The highest BCUT2D eigenvalue weighted by Crippen LogP contribution is 2.27. The predicted octanol–water partition coefficient (Wildman–Crippen LogP) is 4.87. The van der Waals surface area contributed by atoms with E-state index in [2.05, 4.69) is 45.1 Å². The van der Waals surface area contributed by atoms with Gasteiger partial charge in [0.05, 0.1) is 24.6 Å². The molecule has 0 saturated heterocycles. The van der Waals surface area contributed by atoms with Gasteiger partial charge in [-0.3, -0.25) is 4.79 Å². The van der Waals surface area contributed by atoms with Crippen LogP contribution in [0.3, 0.4) is 0 Å². The van der Waals surface area contributed by atoms with E-state index in [1.807, 2.05) is 37.3 Å². The minimum Gasteiger partial charge on any atom is -0.467 e. The van der Waals surface area contributed by atoms with Crippen LogP contribution in [0.25, 0.3) is 10.8 Å². The van der Waals surface area contributed by atoms with Gasteiger partial charge in [-0.1, -0.05) is 65.6 Å². The molecule has 0 radical (unpaired) electrons. The summed E-state index contributed by atoms with van der Waals surface area (Å²) in [5.41, 5.74) is 1.11. The summed E-state index contributed by atoms with van der Waals surface area (Å²) in [4.78, 5) is 12.4. The van der Waals surface area contributed by atoms with E-state index in [0.29, 0.717) is 17.4 Å². The normalized spacial score (nSPS) is 12.0. The number of anilines is 1. The number of fused-ring (bicyclic) bond motifs is 1. The molecule has 8 heteroatoms. The minimum absolute atomic E-state index is 0.0317. The average Bonchev–Trinajstić information content (AvgIpc) is 3.42. The van der Waals surface area contributed by atoms with E-state index in [-0.39, 0.29) is 11.9 Å². The van der Waals surface area contributed by atoms with Gasteiger partial charge in [0.1, 0.15) is 5.76 Å². The Morgan fingerprint density at radius 1 is 1.14 bits per heavy atom. The Balaban J connectivity index is 1.29. The van der Waals surface area contributed by atoms with Crippen molar-refractivity contribution in [1.82, 2.24) is 15.5 Å². The molecule has 148 valence electrons. The highest BCUT2D eigenvalue weighted by atomic mass is 32.2. The van der Waals surface area contributed by atoms with E-state index in [0.717, 1.165) is 21.0 Å². The van der Waals surface area contributed by atoms with Crippen LogP contribution in [0.1, 0.15) is 24.3 Å². The predicted molar refractivity (Wildman–Crippen MR) is 117 cm³/mol. The van der Waals surface area contributed by atoms with E-state index in [1.165, 1.54) is 28.5 Å². The average molecular weight is 425 g/mol. The number of hydrogen-bond acceptors (Lipinski definition) is 7. The monoisotopic (exact) mass is 424 g/mol. The highest BCUT2D eigenvalue weighted by molar-refractivity contribution is 8.01. The summed E-state index contributed by atoms with van der Waals surface area (Å²) in [6, 6.07) is 18.0. The summed E-state index contributed by atoms with van der Waals surface area (Å²) in [6.45, 7) is 2.56. The molecular formula is C21H20N4O2S2. The van der Waals surface area contributed by atoms with Crippen LogP contribution >= 0.6 is 23.1 Å². The number of carbonyl (C=O) groups is 1. The molecule has 6 nitrogen and oxygen atoms in total. The van der Waals surface area contributed by atoms with E-state index in [9.17, 15) is 4.79 Å². The maximum atomic E-state index is 12.4. The van der Waals surface area contributed by atoms with Crippen molar-refractivity contribution in [1.29, 1.82) is 0 Å². The second-order valence-electron chi connectivity index (χ2n) is 6.45. The van der Waals surface area contributed by atoms with Crippen LogP contribution in [0.15, 0.2) is 69.6 Å². The first kappa shape index (κ1) is 19.5. The third-order valence-corrected chi connectivity index (χ3v) is 6.41. The molecule has 29 heavy (non-hydrogen) atoms. The van der Waals surface area contributed by atoms with E-state index in [4.69, 9.17) is 4.42 Å². The first-order valence-corrected chi connectivity index (χ1v) is 11.0. The molecule has 2 aromatic heterocycles. The number of rotatable bonds is 8. The standard InChI is InChI=1S/C21H20N4O2S2/c1-14(17-10-4-7-15-6-2-3-9-18(15)17)23-19(26)13-28-21-25-24-20(29-21)22-12-16-8-5-11-27-16/h2-11,14H,12-13H2,1H3,(H,22,24)(H,23,26)/t14-/m0/s1. The van der Waals surface area contributed by atoms with Gasteiger partial charge in [0, 0.05) is 0 Å². The minimum atomic E-state index is -0.0749. The maximum absolute atomic E-state index is 12.4. The molecule has 0 unspecified atom stereocenters. The lowest BCUT2D eigenvalue weighted by atomic mass is 10.00. The van der Waals surface area contributed by atoms with Crippen molar-refractivity contribution < 1.29 is 9.21 Å². The van der Waals surface area contributed by atoms with Crippen molar-refractivity contribution in [2.24, 2.45) is 0 Å². The van der Waals surface area contributed by atoms with Crippen molar-refractivity contribution >= 4 is 44.9 Å². The van der Waals surface area contributed by atoms with Gasteiger partial charge in [-0.15, -0.1) is 10.2 Å². The zero-order chi connectivity index (χ0) is 20.1. The summed E-state index contributed by atoms with van der Waals surface area (Å²) in [6.07, 6.45) is 1.64. The molecule has 2 heterocycles. The second-order valence-corrected chi connectivity index (χ2v) is 8.65. The molecular weight excluding hydrogens is 404 g/mol. The van der Waals surface area contributed by atoms with Crippen LogP contribution in [-0.4, -0.2) is 21.9 Å². The Hall–Kier alpha value is -2.84. The number of nitrogens with one attached hydrogen (secondary N) is 2. The van der Waals surface area contributed by atoms with Crippen LogP contribution in [0.4, 0.5) is 5.13 Å². The number of hydrogen-bond donors (Lipinski definition) is 2. The van der Waals surface area contributed by atoms with E-state index < -0.39 is 0 Å². The number of nitrogens with zero attached hydrogens (tertiary/aromatic N) is 2. The lowest BCUT2D eigenvalue weighted by molar-refractivity contribution is -0.119. The Morgan fingerprint density at radius 3 is 2.86 bits per heavy atom. The van der Waals surface area contributed by atoms with Crippen molar-refractivity contribution in [3.8, 4) is 0 Å². The molecule has 0 fully saturated rings. The fourth-order valence-electron chi connectivity index (χ4n) is 3.03. The third-order valence-electron chi connectivity index (χ3n) is 4.39. The van der Waals surface area contributed by atoms with Gasteiger partial charge in [0.15, 0.2) is 4.34 Å². The maximum Gasteiger partial charge on any atom is 0.230 e. The smallest absolute Gasteiger partial charge is 0.230 e. The van der Waals surface area contributed by atoms with Crippen molar-refractivity contribution in [2.45, 2.75) is 23.8 Å². The topological polar surface area (TPSA) is 80.0 Å². The third kappa shape index (κ3) is 4.96. The van der Waals surface area contributed by atoms with Crippen LogP contribution in [0.5, 0.6) is 0 Å². The van der Waals surface area contributed by atoms with Gasteiger partial charge in [0.25, 0.3) is 0 Å². The molecule has 4 rings (SSSR count). The largest absolute Gasteiger partial charge is 0.467 e. The summed E-state index contributed by atoms with van der Waals surface area (Å²) in [5, 5.41) is 17.5. The lowest BCUT2D eigenvalue weighted by Gasteiger charge is -2.16. The molecule has 1 amide bonds. The second kappa shape index (κ2) is 9.11. The molecule has 0 aliphatic carbocycles. The first-order valence-electron chi connectivity index (χ1n) is 9.18. The van der Waals surface area contributed by atoms with Crippen molar-refractivity contribution in [3.05, 3.63) is 72.2 Å². The zero-order valence-electron chi connectivity index (χ0n) is 15.8. The quantitative estimate of drug-likeness (QED) is 0.393. The van der Waals surface area contributed by atoms with Gasteiger partial charge in [-0.05, 0) is 35.4 Å².